The Balaban J connectivity index is 2.38. The molecular formula is C13H16F2N2O2. The predicted molar refractivity (Wildman–Crippen MR) is 66.2 cm³/mol. The summed E-state index contributed by atoms with van der Waals surface area (Å²) in [6.07, 6.45) is -2.44. The highest BCUT2D eigenvalue weighted by Gasteiger charge is 2.04. The molecule has 0 spiro atoms. The Morgan fingerprint density at radius 2 is 2.21 bits per heavy atom. The lowest BCUT2D eigenvalue weighted by Gasteiger charge is -2.10. The van der Waals surface area contributed by atoms with Crippen LogP contribution in [0.3, 0.4) is 0 Å². The van der Waals surface area contributed by atoms with Gasteiger partial charge in [-0.25, -0.2) is 8.78 Å². The highest BCUT2D eigenvalue weighted by Crippen LogP contribution is 2.19. The second-order valence-electron chi connectivity index (χ2n) is 3.78. The van der Waals surface area contributed by atoms with Crippen LogP contribution in [0.4, 0.5) is 8.78 Å². The molecule has 0 fully saturated rings. The summed E-state index contributed by atoms with van der Waals surface area (Å²) in [5, 5.41) is 11.9. The highest BCUT2D eigenvalue weighted by molar-refractivity contribution is 5.41. The van der Waals surface area contributed by atoms with Crippen LogP contribution in [0, 0.1) is 11.3 Å². The molecule has 1 N–H and O–H groups in total. The molecule has 0 atom stereocenters. The lowest BCUT2D eigenvalue weighted by atomic mass is 10.1. The zero-order valence-corrected chi connectivity index (χ0v) is 10.7. The first kappa shape index (κ1) is 15.3. The first-order chi connectivity index (χ1) is 9.17. The number of nitriles is 1. The molecule has 0 unspecified atom stereocenters. The van der Waals surface area contributed by atoms with E-state index in [2.05, 4.69) is 11.4 Å². The zero-order chi connectivity index (χ0) is 14.1. The topological polar surface area (TPSA) is 54.3 Å². The van der Waals surface area contributed by atoms with Gasteiger partial charge in [0.25, 0.3) is 6.43 Å². The van der Waals surface area contributed by atoms with Crippen molar-refractivity contribution in [2.75, 3.05) is 26.9 Å². The fourth-order valence-electron chi connectivity index (χ4n) is 1.53. The van der Waals surface area contributed by atoms with Crippen molar-refractivity contribution in [3.8, 4) is 11.8 Å². The van der Waals surface area contributed by atoms with Gasteiger partial charge in [-0.1, -0.05) is 0 Å². The average molecular weight is 270 g/mol. The molecule has 1 aromatic carbocycles. The lowest BCUT2D eigenvalue weighted by Crippen LogP contribution is -2.21. The molecule has 4 nitrogen and oxygen atoms in total. The van der Waals surface area contributed by atoms with Gasteiger partial charge in [0.2, 0.25) is 0 Å². The van der Waals surface area contributed by atoms with Crippen LogP contribution in [0.5, 0.6) is 5.75 Å². The van der Waals surface area contributed by atoms with Crippen molar-refractivity contribution < 1.29 is 18.3 Å². The highest BCUT2D eigenvalue weighted by atomic mass is 19.3. The largest absolute Gasteiger partial charge is 0.496 e. The van der Waals surface area contributed by atoms with Crippen molar-refractivity contribution in [3.05, 3.63) is 29.3 Å². The van der Waals surface area contributed by atoms with Gasteiger partial charge in [0.1, 0.15) is 12.4 Å². The van der Waals surface area contributed by atoms with E-state index in [1.165, 1.54) is 0 Å². The van der Waals surface area contributed by atoms with Crippen LogP contribution in [0.25, 0.3) is 0 Å². The van der Waals surface area contributed by atoms with Gasteiger partial charge < -0.3 is 14.8 Å². The smallest absolute Gasteiger partial charge is 0.261 e. The molecule has 0 bridgehead atoms. The molecule has 0 heterocycles. The molecule has 1 aromatic rings. The van der Waals surface area contributed by atoms with E-state index in [0.717, 1.165) is 5.56 Å². The van der Waals surface area contributed by atoms with E-state index < -0.39 is 13.0 Å². The van der Waals surface area contributed by atoms with E-state index in [1.54, 1.807) is 25.3 Å². The second-order valence-corrected chi connectivity index (χ2v) is 3.78. The number of ether oxygens (including phenoxy) is 2. The first-order valence-corrected chi connectivity index (χ1v) is 5.81. The monoisotopic (exact) mass is 270 g/mol. The molecule has 0 saturated heterocycles. The van der Waals surface area contributed by atoms with E-state index >= 15 is 0 Å². The number of rotatable bonds is 8. The minimum atomic E-state index is -2.44. The lowest BCUT2D eigenvalue weighted by molar-refractivity contribution is 0.0187. The number of alkyl halides is 2. The van der Waals surface area contributed by atoms with Gasteiger partial charge in [0.05, 0.1) is 25.3 Å². The van der Waals surface area contributed by atoms with Crippen molar-refractivity contribution >= 4 is 0 Å². The standard InChI is InChI=1S/C13H16F2N2O2/c1-18-12-3-2-10(7-16)6-11(12)8-17-4-5-19-9-13(14)15/h2-3,6,13,17H,4-5,8-9H2,1H3. The molecule has 104 valence electrons. The third-order valence-corrected chi connectivity index (χ3v) is 2.39. The van der Waals surface area contributed by atoms with E-state index in [-0.39, 0.29) is 6.61 Å². The molecule has 0 aliphatic carbocycles. The normalized spacial score (nSPS) is 10.5. The summed E-state index contributed by atoms with van der Waals surface area (Å²) in [5.41, 5.74) is 1.39. The number of benzene rings is 1. The van der Waals surface area contributed by atoms with Crippen molar-refractivity contribution in [3.63, 3.8) is 0 Å². The minimum Gasteiger partial charge on any atom is -0.496 e. The van der Waals surface area contributed by atoms with Gasteiger partial charge >= 0.3 is 0 Å². The summed E-state index contributed by atoms with van der Waals surface area (Å²) in [4.78, 5) is 0. The van der Waals surface area contributed by atoms with Gasteiger partial charge in [0, 0.05) is 18.7 Å². The number of nitrogens with one attached hydrogen (secondary N) is 1. The number of hydrogen-bond acceptors (Lipinski definition) is 4. The Hall–Kier alpha value is -1.71. The quantitative estimate of drug-likeness (QED) is 0.733. The molecule has 0 amide bonds. The third-order valence-electron chi connectivity index (χ3n) is 2.39. The van der Waals surface area contributed by atoms with E-state index in [0.29, 0.717) is 24.4 Å². The molecule has 1 rings (SSSR count). The Kier molecular flexibility index (Phi) is 6.79. The number of hydrogen-bond donors (Lipinski definition) is 1. The molecule has 0 aromatic heterocycles. The number of methoxy groups -OCH3 is 1. The van der Waals surface area contributed by atoms with E-state index in [9.17, 15) is 8.78 Å². The van der Waals surface area contributed by atoms with Crippen molar-refractivity contribution in [2.45, 2.75) is 13.0 Å². The van der Waals surface area contributed by atoms with Crippen LogP contribution in [0.2, 0.25) is 0 Å². The van der Waals surface area contributed by atoms with E-state index in [1.807, 2.05) is 0 Å². The number of halogens is 2. The maximum atomic E-state index is 11.8. The van der Waals surface area contributed by atoms with Crippen molar-refractivity contribution in [1.29, 1.82) is 5.26 Å². The molecule has 0 aliphatic heterocycles. The Labute approximate surface area is 110 Å². The van der Waals surface area contributed by atoms with Crippen molar-refractivity contribution in [2.24, 2.45) is 0 Å². The Morgan fingerprint density at radius 3 is 2.84 bits per heavy atom. The molecular weight excluding hydrogens is 254 g/mol. The Bertz CT molecular complexity index is 433. The molecule has 0 saturated carbocycles. The van der Waals surface area contributed by atoms with Crippen LogP contribution in [-0.4, -0.2) is 33.3 Å². The third kappa shape index (κ3) is 5.64. The molecule has 0 aliphatic rings. The summed E-state index contributed by atoms with van der Waals surface area (Å²) >= 11 is 0. The first-order valence-electron chi connectivity index (χ1n) is 5.81. The zero-order valence-electron chi connectivity index (χ0n) is 10.7. The molecule has 6 heteroatoms. The van der Waals surface area contributed by atoms with Crippen LogP contribution in [0.1, 0.15) is 11.1 Å². The van der Waals surface area contributed by atoms with Gasteiger partial charge in [-0.15, -0.1) is 0 Å². The summed E-state index contributed by atoms with van der Waals surface area (Å²) in [6.45, 7) is 0.600. The summed E-state index contributed by atoms with van der Waals surface area (Å²) < 4.78 is 33.5. The SMILES string of the molecule is COc1ccc(C#N)cc1CNCCOCC(F)F. The fourth-order valence-corrected chi connectivity index (χ4v) is 1.53. The predicted octanol–water partition coefficient (Wildman–Crippen LogP) is 1.94. The van der Waals surface area contributed by atoms with Crippen LogP contribution >= 0.6 is 0 Å². The van der Waals surface area contributed by atoms with Crippen LogP contribution in [0.15, 0.2) is 18.2 Å². The van der Waals surface area contributed by atoms with Gasteiger partial charge in [-0.05, 0) is 18.2 Å². The van der Waals surface area contributed by atoms with Gasteiger partial charge in [0.15, 0.2) is 0 Å². The van der Waals surface area contributed by atoms with Crippen molar-refractivity contribution in [1.82, 2.24) is 5.32 Å². The Morgan fingerprint density at radius 1 is 1.42 bits per heavy atom. The maximum absolute atomic E-state index is 11.8. The fraction of sp³-hybridized carbons (Fsp3) is 0.462. The molecule has 0 radical (unpaired) electrons. The van der Waals surface area contributed by atoms with Crippen LogP contribution in [-0.2, 0) is 11.3 Å². The van der Waals surface area contributed by atoms with Gasteiger partial charge in [-0.3, -0.25) is 0 Å². The van der Waals surface area contributed by atoms with Crippen LogP contribution < -0.4 is 10.1 Å². The summed E-state index contributed by atoms with van der Waals surface area (Å²) in [6, 6.07) is 7.18. The van der Waals surface area contributed by atoms with Gasteiger partial charge in [-0.2, -0.15) is 5.26 Å². The number of nitrogens with zero attached hydrogens (tertiary/aromatic N) is 1. The minimum absolute atomic E-state index is 0.213. The second kappa shape index (κ2) is 8.40. The average Bonchev–Trinajstić information content (AvgIpc) is 2.42. The summed E-state index contributed by atoms with van der Waals surface area (Å²) in [5.74, 6) is 0.681. The molecule has 19 heavy (non-hydrogen) atoms. The summed E-state index contributed by atoms with van der Waals surface area (Å²) in [7, 11) is 1.55. The maximum Gasteiger partial charge on any atom is 0.261 e. The van der Waals surface area contributed by atoms with E-state index in [4.69, 9.17) is 14.7 Å².